The summed E-state index contributed by atoms with van der Waals surface area (Å²) in [6.45, 7) is 9.53. The number of likely N-dealkylation sites (N-methyl/N-ethyl adjacent to an activating group) is 1. The summed E-state index contributed by atoms with van der Waals surface area (Å²) in [6.07, 6.45) is 4.32. The van der Waals surface area contributed by atoms with Crippen molar-refractivity contribution in [3.63, 3.8) is 0 Å². The summed E-state index contributed by atoms with van der Waals surface area (Å²) >= 11 is 0. The van der Waals surface area contributed by atoms with Gasteiger partial charge in [-0.2, -0.15) is 0 Å². The van der Waals surface area contributed by atoms with E-state index >= 15 is 0 Å². The van der Waals surface area contributed by atoms with Gasteiger partial charge in [0.1, 0.15) is 0 Å². The van der Waals surface area contributed by atoms with Crippen LogP contribution >= 0.6 is 0 Å². The number of nitrogens with zero attached hydrogens (tertiary/aromatic N) is 3. The lowest BCUT2D eigenvalue weighted by molar-refractivity contribution is -0.139. The predicted molar refractivity (Wildman–Crippen MR) is 138 cm³/mol. The van der Waals surface area contributed by atoms with E-state index < -0.39 is 12.0 Å². The fraction of sp³-hybridized carbons (Fsp3) is 0.607. The molecule has 8 nitrogen and oxygen atoms in total. The molecule has 8 heteroatoms. The first-order valence-electron chi connectivity index (χ1n) is 13.4. The van der Waals surface area contributed by atoms with Crippen LogP contribution in [0.4, 0.5) is 4.79 Å². The van der Waals surface area contributed by atoms with Crippen LogP contribution in [0, 0.1) is 5.92 Å². The van der Waals surface area contributed by atoms with Gasteiger partial charge in [-0.3, -0.25) is 14.6 Å². The standard InChI is InChI=1S/C28H40N4O4/c1-5-36-27(34)24-23(18-31-14-16-32(17-15-31)26(33)22-8-6-7-9-22)30(4)28(35)29-25(24)21-12-10-20(11-13-21)19(2)3/h10-13,19,22,25H,5-9,14-18H2,1-4H3,(H,29,35)/t25-/m1/s1. The van der Waals surface area contributed by atoms with Crippen LogP contribution in [-0.2, 0) is 14.3 Å². The molecule has 3 amide bonds. The third-order valence-corrected chi connectivity index (χ3v) is 7.77. The van der Waals surface area contributed by atoms with E-state index in [2.05, 4.69) is 24.1 Å². The fourth-order valence-electron chi connectivity index (χ4n) is 5.49. The van der Waals surface area contributed by atoms with Crippen molar-refractivity contribution >= 4 is 17.9 Å². The number of nitrogens with one attached hydrogen (secondary N) is 1. The van der Waals surface area contributed by atoms with Gasteiger partial charge in [0.2, 0.25) is 5.91 Å². The van der Waals surface area contributed by atoms with E-state index in [9.17, 15) is 14.4 Å². The van der Waals surface area contributed by atoms with Crippen LogP contribution in [0.5, 0.6) is 0 Å². The van der Waals surface area contributed by atoms with E-state index in [4.69, 9.17) is 4.74 Å². The number of carbonyl (C=O) groups excluding carboxylic acids is 3. The van der Waals surface area contributed by atoms with Crippen molar-refractivity contribution < 1.29 is 19.1 Å². The molecule has 0 spiro atoms. The first kappa shape index (κ1) is 26.2. The van der Waals surface area contributed by atoms with E-state index in [1.165, 1.54) is 10.5 Å². The van der Waals surface area contributed by atoms with Gasteiger partial charge in [0.25, 0.3) is 0 Å². The lowest BCUT2D eigenvalue weighted by Gasteiger charge is -2.40. The molecule has 3 aliphatic rings. The molecule has 196 valence electrons. The van der Waals surface area contributed by atoms with Crippen LogP contribution in [0.2, 0.25) is 0 Å². The number of ether oxygens (including phenoxy) is 1. The van der Waals surface area contributed by atoms with Gasteiger partial charge in [-0.15, -0.1) is 0 Å². The molecule has 36 heavy (non-hydrogen) atoms. The van der Waals surface area contributed by atoms with Gasteiger partial charge in [-0.1, -0.05) is 51.0 Å². The van der Waals surface area contributed by atoms with Gasteiger partial charge in [0.05, 0.1) is 18.2 Å². The average molecular weight is 497 g/mol. The molecule has 1 aliphatic carbocycles. The zero-order chi connectivity index (χ0) is 25.8. The van der Waals surface area contributed by atoms with Gasteiger partial charge < -0.3 is 15.0 Å². The summed E-state index contributed by atoms with van der Waals surface area (Å²) in [6, 6.07) is 7.24. The minimum Gasteiger partial charge on any atom is -0.463 e. The largest absolute Gasteiger partial charge is 0.463 e. The summed E-state index contributed by atoms with van der Waals surface area (Å²) < 4.78 is 5.46. The third kappa shape index (κ3) is 5.59. The summed E-state index contributed by atoms with van der Waals surface area (Å²) in [7, 11) is 1.70. The van der Waals surface area contributed by atoms with Crippen LogP contribution in [-0.4, -0.2) is 79.0 Å². The molecule has 1 N–H and O–H groups in total. The number of hydrogen-bond acceptors (Lipinski definition) is 5. The number of piperazine rings is 1. The Kier molecular flexibility index (Phi) is 8.34. The smallest absolute Gasteiger partial charge is 0.338 e. The maximum absolute atomic E-state index is 13.2. The van der Waals surface area contributed by atoms with Gasteiger partial charge >= 0.3 is 12.0 Å². The van der Waals surface area contributed by atoms with Gasteiger partial charge in [-0.25, -0.2) is 9.59 Å². The van der Waals surface area contributed by atoms with Crippen molar-refractivity contribution in [3.05, 3.63) is 46.7 Å². The maximum Gasteiger partial charge on any atom is 0.338 e. The van der Waals surface area contributed by atoms with Crippen molar-refractivity contribution in [2.24, 2.45) is 5.92 Å². The summed E-state index contributed by atoms with van der Waals surface area (Å²) in [5.74, 6) is 0.455. The number of urea groups is 1. The van der Waals surface area contributed by atoms with Gasteiger partial charge in [0.15, 0.2) is 0 Å². The number of carbonyl (C=O) groups is 3. The van der Waals surface area contributed by atoms with Gasteiger partial charge in [0, 0.05) is 51.4 Å². The SMILES string of the molecule is CCOC(=O)C1=C(CN2CCN(C(=O)C3CCCC3)CC2)N(C)C(=O)N[C@@H]1c1ccc(C(C)C)cc1. The van der Waals surface area contributed by atoms with E-state index in [1.54, 1.807) is 14.0 Å². The molecule has 1 aromatic rings. The maximum atomic E-state index is 13.2. The molecule has 1 aromatic carbocycles. The summed E-state index contributed by atoms with van der Waals surface area (Å²) in [4.78, 5) is 44.8. The molecule has 0 aromatic heterocycles. The Morgan fingerprint density at radius 3 is 2.28 bits per heavy atom. The van der Waals surface area contributed by atoms with E-state index in [-0.39, 0.29) is 24.5 Å². The van der Waals surface area contributed by atoms with E-state index in [1.807, 2.05) is 29.2 Å². The highest BCUT2D eigenvalue weighted by Crippen LogP contribution is 2.33. The van der Waals surface area contributed by atoms with Crippen molar-refractivity contribution in [3.8, 4) is 0 Å². The minimum absolute atomic E-state index is 0.186. The Balaban J connectivity index is 1.56. The molecular weight excluding hydrogens is 456 g/mol. The highest BCUT2D eigenvalue weighted by molar-refractivity contribution is 5.95. The van der Waals surface area contributed by atoms with Gasteiger partial charge in [-0.05, 0) is 36.8 Å². The quantitative estimate of drug-likeness (QED) is 0.583. The number of rotatable bonds is 7. The average Bonchev–Trinajstić information content (AvgIpc) is 3.42. The third-order valence-electron chi connectivity index (χ3n) is 7.77. The summed E-state index contributed by atoms with van der Waals surface area (Å²) in [5.41, 5.74) is 3.18. The molecule has 0 bridgehead atoms. The molecule has 1 atom stereocenters. The number of hydrogen-bond donors (Lipinski definition) is 1. The molecule has 0 radical (unpaired) electrons. The number of benzene rings is 1. The number of esters is 1. The first-order chi connectivity index (χ1) is 17.3. The van der Waals surface area contributed by atoms with Crippen LogP contribution in [0.3, 0.4) is 0 Å². The van der Waals surface area contributed by atoms with E-state index in [0.29, 0.717) is 49.9 Å². The second-order valence-corrected chi connectivity index (χ2v) is 10.4. The molecule has 2 fully saturated rings. The highest BCUT2D eigenvalue weighted by atomic mass is 16.5. The Morgan fingerprint density at radius 2 is 1.69 bits per heavy atom. The molecule has 0 unspecified atom stereocenters. The van der Waals surface area contributed by atoms with E-state index in [0.717, 1.165) is 31.2 Å². The normalized spacial score (nSPS) is 21.8. The second-order valence-electron chi connectivity index (χ2n) is 10.4. The Labute approximate surface area is 214 Å². The van der Waals surface area contributed by atoms with Crippen molar-refractivity contribution in [2.45, 2.75) is 58.4 Å². The van der Waals surface area contributed by atoms with Crippen LogP contribution in [0.25, 0.3) is 0 Å². The zero-order valence-corrected chi connectivity index (χ0v) is 22.1. The lowest BCUT2D eigenvalue weighted by atomic mass is 9.92. The van der Waals surface area contributed by atoms with Crippen LogP contribution < -0.4 is 5.32 Å². The highest BCUT2D eigenvalue weighted by Gasteiger charge is 2.38. The lowest BCUT2D eigenvalue weighted by Crippen LogP contribution is -2.53. The second kappa shape index (κ2) is 11.5. The predicted octanol–water partition coefficient (Wildman–Crippen LogP) is 3.66. The van der Waals surface area contributed by atoms with Crippen LogP contribution in [0.1, 0.15) is 69.5 Å². The van der Waals surface area contributed by atoms with Crippen molar-refractivity contribution in [1.82, 2.24) is 20.0 Å². The fourth-order valence-corrected chi connectivity index (χ4v) is 5.49. The number of amides is 3. The van der Waals surface area contributed by atoms with Crippen molar-refractivity contribution in [1.29, 1.82) is 0 Å². The minimum atomic E-state index is -0.575. The Morgan fingerprint density at radius 1 is 1.06 bits per heavy atom. The zero-order valence-electron chi connectivity index (χ0n) is 22.1. The first-order valence-corrected chi connectivity index (χ1v) is 13.4. The molecule has 2 aliphatic heterocycles. The molecule has 1 saturated carbocycles. The molecule has 1 saturated heterocycles. The Hall–Kier alpha value is -2.87. The molecule has 4 rings (SSSR count). The summed E-state index contributed by atoms with van der Waals surface area (Å²) in [5, 5.41) is 3.00. The monoisotopic (exact) mass is 496 g/mol. The van der Waals surface area contributed by atoms with Crippen LogP contribution in [0.15, 0.2) is 35.5 Å². The molecule has 2 heterocycles. The Bertz CT molecular complexity index is 989. The van der Waals surface area contributed by atoms with Crippen molar-refractivity contribution in [2.75, 3.05) is 46.4 Å². The molecular formula is C28H40N4O4. The topological polar surface area (TPSA) is 82.2 Å².